The molecule has 0 amide bonds. The molecule has 0 aliphatic rings. The van der Waals surface area contributed by atoms with E-state index in [1.54, 1.807) is 25.6 Å². The second kappa shape index (κ2) is 7.51. The van der Waals surface area contributed by atoms with Crippen molar-refractivity contribution in [3.05, 3.63) is 64.4 Å². The fourth-order valence-corrected chi connectivity index (χ4v) is 3.28. The highest BCUT2D eigenvalue weighted by molar-refractivity contribution is 7.09. The smallest absolute Gasteiger partial charge is 0.130 e. The maximum atomic E-state index is 5.41. The van der Waals surface area contributed by atoms with Crippen molar-refractivity contribution < 1.29 is 9.47 Å². The Balaban J connectivity index is 1.96. The fourth-order valence-electron chi connectivity index (χ4n) is 2.63. The summed E-state index contributed by atoms with van der Waals surface area (Å²) in [5.74, 6) is 2.48. The molecule has 3 rings (SSSR count). The van der Waals surface area contributed by atoms with Crippen molar-refractivity contribution in [1.82, 2.24) is 14.9 Å². The first-order valence-electron chi connectivity index (χ1n) is 7.67. The maximum Gasteiger partial charge on any atom is 0.130 e. The lowest BCUT2D eigenvalue weighted by Crippen LogP contribution is -2.24. The summed E-state index contributed by atoms with van der Waals surface area (Å²) in [6.07, 6.45) is 3.76. The highest BCUT2D eigenvalue weighted by Crippen LogP contribution is 2.29. The van der Waals surface area contributed by atoms with E-state index < -0.39 is 0 Å². The second-order valence-electron chi connectivity index (χ2n) is 5.44. The summed E-state index contributed by atoms with van der Waals surface area (Å²) >= 11 is 1.74. The second-order valence-corrected chi connectivity index (χ2v) is 6.47. The molecule has 0 spiro atoms. The van der Waals surface area contributed by atoms with Crippen LogP contribution in [0.1, 0.15) is 22.3 Å². The third-order valence-corrected chi connectivity index (χ3v) is 4.76. The van der Waals surface area contributed by atoms with Gasteiger partial charge < -0.3 is 14.0 Å². The first-order chi connectivity index (χ1) is 11.7. The summed E-state index contributed by atoms with van der Waals surface area (Å²) in [5, 5.41) is 5.68. The molecule has 0 saturated carbocycles. The van der Waals surface area contributed by atoms with Crippen LogP contribution in [0.25, 0.3) is 0 Å². The van der Waals surface area contributed by atoms with E-state index >= 15 is 0 Å². The quantitative estimate of drug-likeness (QED) is 0.714. The molecule has 0 saturated heterocycles. The molecule has 5 nitrogen and oxygen atoms in total. The van der Waals surface area contributed by atoms with Gasteiger partial charge in [0.15, 0.2) is 0 Å². The van der Waals surface area contributed by atoms with Gasteiger partial charge in [-0.05, 0) is 29.1 Å². The van der Waals surface area contributed by atoms with Crippen LogP contribution in [0.3, 0.4) is 0 Å². The van der Waals surface area contributed by atoms with Crippen molar-refractivity contribution in [2.24, 2.45) is 7.05 Å². The minimum Gasteiger partial charge on any atom is -0.497 e. The Bertz CT molecular complexity index is 761. The van der Waals surface area contributed by atoms with Gasteiger partial charge in [-0.3, -0.25) is 5.32 Å². The normalized spacial score (nSPS) is 12.1. The van der Waals surface area contributed by atoms with Crippen LogP contribution in [0, 0.1) is 0 Å². The van der Waals surface area contributed by atoms with Gasteiger partial charge in [0.2, 0.25) is 0 Å². The minimum absolute atomic E-state index is 0.0592. The van der Waals surface area contributed by atoms with Gasteiger partial charge in [0.1, 0.15) is 17.3 Å². The molecule has 6 heteroatoms. The van der Waals surface area contributed by atoms with E-state index in [0.717, 1.165) is 29.4 Å². The number of rotatable bonds is 7. The Labute approximate surface area is 145 Å². The molecule has 0 aliphatic carbocycles. The number of hydrogen-bond donors (Lipinski definition) is 1. The lowest BCUT2D eigenvalue weighted by Gasteiger charge is -2.20. The van der Waals surface area contributed by atoms with E-state index in [1.807, 2.05) is 42.2 Å². The Kier molecular flexibility index (Phi) is 5.17. The first kappa shape index (κ1) is 16.5. The van der Waals surface area contributed by atoms with Crippen molar-refractivity contribution in [2.75, 3.05) is 14.2 Å². The van der Waals surface area contributed by atoms with Crippen LogP contribution in [-0.4, -0.2) is 23.8 Å². The Morgan fingerprint density at radius 3 is 2.50 bits per heavy atom. The van der Waals surface area contributed by atoms with E-state index in [-0.39, 0.29) is 6.04 Å². The molecule has 3 aromatic rings. The van der Waals surface area contributed by atoms with Crippen LogP contribution in [0.4, 0.5) is 0 Å². The molecule has 1 N–H and O–H groups in total. The Morgan fingerprint density at radius 2 is 1.96 bits per heavy atom. The number of hydrogen-bond acceptors (Lipinski definition) is 5. The standard InChI is InChI=1S/C18H21N3O2S/c1-21-7-6-19-18(21)17(20-12-16-5-4-8-24-16)13-9-14(22-2)11-15(10-13)23-3/h4-11,17,20H,12H2,1-3H3/t17-/m1/s1. The van der Waals surface area contributed by atoms with Crippen LogP contribution in [-0.2, 0) is 13.6 Å². The largest absolute Gasteiger partial charge is 0.497 e. The van der Waals surface area contributed by atoms with Crippen molar-refractivity contribution in [1.29, 1.82) is 0 Å². The van der Waals surface area contributed by atoms with E-state index in [4.69, 9.17) is 9.47 Å². The van der Waals surface area contributed by atoms with Gasteiger partial charge in [-0.25, -0.2) is 4.98 Å². The molecule has 0 unspecified atom stereocenters. The lowest BCUT2D eigenvalue weighted by molar-refractivity contribution is 0.392. The molecular weight excluding hydrogens is 322 g/mol. The highest BCUT2D eigenvalue weighted by Gasteiger charge is 2.20. The highest BCUT2D eigenvalue weighted by atomic mass is 32.1. The number of thiophene rings is 1. The molecule has 2 aromatic heterocycles. The third-order valence-electron chi connectivity index (χ3n) is 3.88. The minimum atomic E-state index is -0.0592. The summed E-state index contributed by atoms with van der Waals surface area (Å²) in [5.41, 5.74) is 1.05. The van der Waals surface area contributed by atoms with Crippen LogP contribution >= 0.6 is 11.3 Å². The van der Waals surface area contributed by atoms with Crippen molar-refractivity contribution in [3.63, 3.8) is 0 Å². The number of ether oxygens (including phenoxy) is 2. The van der Waals surface area contributed by atoms with E-state index in [2.05, 4.69) is 27.8 Å². The molecule has 0 aliphatic heterocycles. The SMILES string of the molecule is COc1cc(OC)cc([C@@H](NCc2cccs2)c2nccn2C)c1. The number of nitrogens with zero attached hydrogens (tertiary/aromatic N) is 2. The molecule has 1 aromatic carbocycles. The van der Waals surface area contributed by atoms with Gasteiger partial charge in [0, 0.05) is 36.9 Å². The van der Waals surface area contributed by atoms with Crippen LogP contribution < -0.4 is 14.8 Å². The molecule has 0 fully saturated rings. The van der Waals surface area contributed by atoms with Gasteiger partial charge in [0.05, 0.1) is 20.3 Å². The maximum absolute atomic E-state index is 5.41. The van der Waals surface area contributed by atoms with Gasteiger partial charge >= 0.3 is 0 Å². The molecular formula is C18H21N3O2S. The van der Waals surface area contributed by atoms with Gasteiger partial charge in [-0.2, -0.15) is 0 Å². The molecule has 24 heavy (non-hydrogen) atoms. The lowest BCUT2D eigenvalue weighted by atomic mass is 10.0. The van der Waals surface area contributed by atoms with Gasteiger partial charge in [-0.1, -0.05) is 6.07 Å². The third kappa shape index (κ3) is 3.60. The number of imidazole rings is 1. The molecule has 1 atom stereocenters. The summed E-state index contributed by atoms with van der Waals surface area (Å²) in [7, 11) is 5.32. The predicted molar refractivity (Wildman–Crippen MR) is 95.8 cm³/mol. The van der Waals surface area contributed by atoms with Crippen molar-refractivity contribution in [3.8, 4) is 11.5 Å². The Morgan fingerprint density at radius 1 is 1.21 bits per heavy atom. The molecule has 0 radical (unpaired) electrons. The number of nitrogens with one attached hydrogen (secondary N) is 1. The van der Waals surface area contributed by atoms with E-state index in [1.165, 1.54) is 4.88 Å². The summed E-state index contributed by atoms with van der Waals surface area (Å²) in [6.45, 7) is 0.773. The number of methoxy groups -OCH3 is 2. The van der Waals surface area contributed by atoms with E-state index in [9.17, 15) is 0 Å². The fraction of sp³-hybridized carbons (Fsp3) is 0.278. The summed E-state index contributed by atoms with van der Waals surface area (Å²) in [4.78, 5) is 5.81. The van der Waals surface area contributed by atoms with Gasteiger partial charge in [0.25, 0.3) is 0 Å². The Hall–Kier alpha value is -2.31. The first-order valence-corrected chi connectivity index (χ1v) is 8.55. The topological polar surface area (TPSA) is 48.3 Å². The van der Waals surface area contributed by atoms with E-state index in [0.29, 0.717) is 0 Å². The zero-order valence-corrected chi connectivity index (χ0v) is 14.8. The average Bonchev–Trinajstić information content (AvgIpc) is 3.27. The summed E-state index contributed by atoms with van der Waals surface area (Å²) in [6, 6.07) is 10.0. The van der Waals surface area contributed by atoms with Gasteiger partial charge in [-0.15, -0.1) is 11.3 Å². The number of aryl methyl sites for hydroxylation is 1. The van der Waals surface area contributed by atoms with Crippen LogP contribution in [0.5, 0.6) is 11.5 Å². The predicted octanol–water partition coefficient (Wildman–Crippen LogP) is 3.38. The molecule has 126 valence electrons. The number of benzene rings is 1. The summed E-state index contributed by atoms with van der Waals surface area (Å²) < 4.78 is 12.9. The zero-order valence-electron chi connectivity index (χ0n) is 14.0. The monoisotopic (exact) mass is 343 g/mol. The average molecular weight is 343 g/mol. The van der Waals surface area contributed by atoms with Crippen molar-refractivity contribution >= 4 is 11.3 Å². The molecule has 0 bridgehead atoms. The zero-order chi connectivity index (χ0) is 16.9. The van der Waals surface area contributed by atoms with Crippen LogP contribution in [0.2, 0.25) is 0 Å². The van der Waals surface area contributed by atoms with Crippen molar-refractivity contribution in [2.45, 2.75) is 12.6 Å². The number of aromatic nitrogens is 2. The molecule has 2 heterocycles. The van der Waals surface area contributed by atoms with Crippen LogP contribution in [0.15, 0.2) is 48.1 Å².